The van der Waals surface area contributed by atoms with Crippen LogP contribution in [0.15, 0.2) is 0 Å². The average molecular weight is 280 g/mol. The Balaban J connectivity index is 1.95. The van der Waals surface area contributed by atoms with Crippen molar-refractivity contribution in [3.8, 4) is 0 Å². The van der Waals surface area contributed by atoms with Crippen LogP contribution in [-0.2, 0) is 0 Å². The van der Waals surface area contributed by atoms with Crippen LogP contribution in [0.1, 0.15) is 72.6 Å². The molecule has 0 amide bonds. The first kappa shape index (κ1) is 16.3. The number of hydrogen-bond donors (Lipinski definition) is 1. The van der Waals surface area contributed by atoms with Gasteiger partial charge in [-0.3, -0.25) is 4.90 Å². The molecular formula is C18H36N2. The van der Waals surface area contributed by atoms with Crippen molar-refractivity contribution in [2.24, 2.45) is 11.3 Å². The molecule has 1 aliphatic heterocycles. The second kappa shape index (κ2) is 7.26. The number of rotatable bonds is 7. The van der Waals surface area contributed by atoms with Crippen LogP contribution in [0.3, 0.4) is 0 Å². The lowest BCUT2D eigenvalue weighted by Gasteiger charge is -2.43. The van der Waals surface area contributed by atoms with Gasteiger partial charge in [-0.15, -0.1) is 0 Å². The third-order valence-electron chi connectivity index (χ3n) is 5.48. The van der Waals surface area contributed by atoms with Crippen molar-refractivity contribution < 1.29 is 0 Å². The maximum Gasteiger partial charge on any atom is 0.0124 e. The fraction of sp³-hybridized carbons (Fsp3) is 1.00. The molecule has 2 aliphatic rings. The molecule has 0 aromatic carbocycles. The van der Waals surface area contributed by atoms with E-state index in [4.69, 9.17) is 0 Å². The van der Waals surface area contributed by atoms with Crippen molar-refractivity contribution in [1.29, 1.82) is 0 Å². The summed E-state index contributed by atoms with van der Waals surface area (Å²) >= 11 is 0. The minimum absolute atomic E-state index is 0.448. The van der Waals surface area contributed by atoms with Crippen molar-refractivity contribution >= 4 is 0 Å². The monoisotopic (exact) mass is 280 g/mol. The summed E-state index contributed by atoms with van der Waals surface area (Å²) in [6.07, 6.45) is 10.0. The molecule has 1 aliphatic carbocycles. The Morgan fingerprint density at radius 1 is 1.20 bits per heavy atom. The van der Waals surface area contributed by atoms with Gasteiger partial charge in [0.15, 0.2) is 0 Å². The van der Waals surface area contributed by atoms with Crippen LogP contribution in [0.25, 0.3) is 0 Å². The maximum atomic E-state index is 3.69. The van der Waals surface area contributed by atoms with E-state index in [1.54, 1.807) is 0 Å². The van der Waals surface area contributed by atoms with Crippen molar-refractivity contribution in [2.75, 3.05) is 19.6 Å². The van der Waals surface area contributed by atoms with Crippen LogP contribution < -0.4 is 5.32 Å². The molecule has 0 spiro atoms. The van der Waals surface area contributed by atoms with Gasteiger partial charge in [-0.1, -0.05) is 40.5 Å². The predicted octanol–water partition coefficient (Wildman–Crippen LogP) is 4.06. The Labute approximate surface area is 126 Å². The van der Waals surface area contributed by atoms with Crippen LogP contribution in [0.5, 0.6) is 0 Å². The average Bonchev–Trinajstić information content (AvgIpc) is 2.86. The van der Waals surface area contributed by atoms with E-state index in [-0.39, 0.29) is 0 Å². The summed E-state index contributed by atoms with van der Waals surface area (Å²) in [5, 5.41) is 3.69. The molecule has 2 rings (SSSR count). The first-order chi connectivity index (χ1) is 9.54. The molecule has 1 saturated carbocycles. The van der Waals surface area contributed by atoms with Gasteiger partial charge in [-0.05, 0) is 50.0 Å². The van der Waals surface area contributed by atoms with Crippen LogP contribution in [-0.4, -0.2) is 36.6 Å². The van der Waals surface area contributed by atoms with Gasteiger partial charge in [0.05, 0.1) is 0 Å². The second-order valence-electron chi connectivity index (χ2n) is 7.97. The van der Waals surface area contributed by atoms with Gasteiger partial charge in [0.2, 0.25) is 0 Å². The SMILES string of the molecule is CCCC(C)(CNC(C)C)CN1CCCC2CCCC21. The van der Waals surface area contributed by atoms with Crippen LogP contribution >= 0.6 is 0 Å². The molecule has 1 heterocycles. The molecular weight excluding hydrogens is 244 g/mol. The van der Waals surface area contributed by atoms with Gasteiger partial charge in [-0.25, -0.2) is 0 Å². The quantitative estimate of drug-likeness (QED) is 0.756. The highest BCUT2D eigenvalue weighted by Crippen LogP contribution is 2.38. The minimum atomic E-state index is 0.448. The largest absolute Gasteiger partial charge is 0.314 e. The second-order valence-corrected chi connectivity index (χ2v) is 7.97. The lowest BCUT2D eigenvalue weighted by atomic mass is 9.82. The number of nitrogens with zero attached hydrogens (tertiary/aromatic N) is 1. The van der Waals surface area contributed by atoms with Crippen molar-refractivity contribution in [1.82, 2.24) is 10.2 Å². The van der Waals surface area contributed by atoms with E-state index in [2.05, 4.69) is 37.9 Å². The van der Waals surface area contributed by atoms with Crippen LogP contribution in [0.4, 0.5) is 0 Å². The van der Waals surface area contributed by atoms with E-state index in [1.165, 1.54) is 64.6 Å². The van der Waals surface area contributed by atoms with Gasteiger partial charge in [0.25, 0.3) is 0 Å². The van der Waals surface area contributed by atoms with Gasteiger partial charge in [-0.2, -0.15) is 0 Å². The first-order valence-electron chi connectivity index (χ1n) is 9.01. The zero-order valence-electron chi connectivity index (χ0n) is 14.3. The normalized spacial score (nSPS) is 30.4. The zero-order valence-corrected chi connectivity index (χ0v) is 14.3. The highest BCUT2D eigenvalue weighted by atomic mass is 15.2. The maximum absolute atomic E-state index is 3.69. The summed E-state index contributed by atoms with van der Waals surface area (Å²) in [7, 11) is 0. The molecule has 2 nitrogen and oxygen atoms in total. The van der Waals surface area contributed by atoms with E-state index in [1.807, 2.05) is 0 Å². The number of nitrogens with one attached hydrogen (secondary N) is 1. The molecule has 2 fully saturated rings. The smallest absolute Gasteiger partial charge is 0.0124 e. The molecule has 1 saturated heterocycles. The van der Waals surface area contributed by atoms with Gasteiger partial charge >= 0.3 is 0 Å². The number of piperidine rings is 1. The Bertz CT molecular complexity index is 289. The summed E-state index contributed by atoms with van der Waals surface area (Å²) in [6.45, 7) is 13.2. The van der Waals surface area contributed by atoms with Crippen LogP contribution in [0.2, 0.25) is 0 Å². The third-order valence-corrected chi connectivity index (χ3v) is 5.48. The fourth-order valence-electron chi connectivity index (χ4n) is 4.52. The molecule has 118 valence electrons. The highest BCUT2D eigenvalue weighted by Gasteiger charge is 2.37. The van der Waals surface area contributed by atoms with E-state index in [0.29, 0.717) is 11.5 Å². The molecule has 0 radical (unpaired) electrons. The summed E-state index contributed by atoms with van der Waals surface area (Å²) < 4.78 is 0. The third kappa shape index (κ3) is 4.21. The summed E-state index contributed by atoms with van der Waals surface area (Å²) in [6, 6.07) is 1.52. The van der Waals surface area contributed by atoms with Crippen molar-refractivity contribution in [3.05, 3.63) is 0 Å². The highest BCUT2D eigenvalue weighted by molar-refractivity contribution is 4.92. The van der Waals surface area contributed by atoms with Crippen LogP contribution in [0, 0.1) is 11.3 Å². The summed E-state index contributed by atoms with van der Waals surface area (Å²) in [5.41, 5.74) is 0.448. The zero-order chi connectivity index (χ0) is 14.6. The Morgan fingerprint density at radius 2 is 1.95 bits per heavy atom. The number of fused-ring (bicyclic) bond motifs is 1. The Hall–Kier alpha value is -0.0800. The molecule has 3 unspecified atom stereocenters. The Kier molecular flexibility index (Phi) is 5.92. The molecule has 0 aromatic heterocycles. The van der Waals surface area contributed by atoms with Crippen molar-refractivity contribution in [3.63, 3.8) is 0 Å². The summed E-state index contributed by atoms with van der Waals surface area (Å²) in [4.78, 5) is 2.86. The van der Waals surface area contributed by atoms with Gasteiger partial charge < -0.3 is 5.32 Å². The predicted molar refractivity (Wildman–Crippen MR) is 88.1 cm³/mol. The standard InChI is InChI=1S/C18H36N2/c1-5-11-18(4,13-19-15(2)3)14-20-12-7-9-16-8-6-10-17(16)20/h15-17,19H,5-14H2,1-4H3. The molecule has 0 bridgehead atoms. The van der Waals surface area contributed by atoms with E-state index in [9.17, 15) is 0 Å². The molecule has 1 N–H and O–H groups in total. The summed E-state index contributed by atoms with van der Waals surface area (Å²) in [5.74, 6) is 1.02. The lowest BCUT2D eigenvalue weighted by molar-refractivity contribution is 0.0599. The molecule has 2 heteroatoms. The molecule has 0 aromatic rings. The van der Waals surface area contributed by atoms with E-state index in [0.717, 1.165) is 12.0 Å². The topological polar surface area (TPSA) is 15.3 Å². The molecule has 3 atom stereocenters. The van der Waals surface area contributed by atoms with Crippen molar-refractivity contribution in [2.45, 2.75) is 84.7 Å². The van der Waals surface area contributed by atoms with Gasteiger partial charge in [0.1, 0.15) is 0 Å². The number of likely N-dealkylation sites (tertiary alicyclic amines) is 1. The van der Waals surface area contributed by atoms with E-state index >= 15 is 0 Å². The molecule has 20 heavy (non-hydrogen) atoms. The minimum Gasteiger partial charge on any atom is -0.314 e. The van der Waals surface area contributed by atoms with E-state index < -0.39 is 0 Å². The lowest BCUT2D eigenvalue weighted by Crippen LogP contribution is -2.50. The fourth-order valence-corrected chi connectivity index (χ4v) is 4.52. The number of hydrogen-bond acceptors (Lipinski definition) is 2. The Morgan fingerprint density at radius 3 is 2.65 bits per heavy atom. The van der Waals surface area contributed by atoms with Gasteiger partial charge in [0, 0.05) is 25.2 Å². The first-order valence-corrected chi connectivity index (χ1v) is 9.01.